The molecule has 1 saturated heterocycles. The van der Waals surface area contributed by atoms with E-state index in [0.29, 0.717) is 39.0 Å². The van der Waals surface area contributed by atoms with Crippen molar-refractivity contribution in [2.45, 2.75) is 31.6 Å². The number of nitrogens with one attached hydrogen (secondary N) is 1. The van der Waals surface area contributed by atoms with Crippen LogP contribution < -0.4 is 10.2 Å². The number of nitrogens with zero attached hydrogens (tertiary/aromatic N) is 8. The van der Waals surface area contributed by atoms with Crippen molar-refractivity contribution in [1.82, 2.24) is 34.6 Å². The van der Waals surface area contributed by atoms with Crippen molar-refractivity contribution < 1.29 is 18.0 Å². The van der Waals surface area contributed by atoms with Gasteiger partial charge in [-0.15, -0.1) is 0 Å². The van der Waals surface area contributed by atoms with Gasteiger partial charge in [-0.05, 0) is 18.6 Å². The molecule has 0 spiro atoms. The number of alkyl halides is 3. The van der Waals surface area contributed by atoms with Crippen LogP contribution in [0.4, 0.5) is 24.9 Å². The molecule has 10 nitrogen and oxygen atoms in total. The average molecular weight is 500 g/mol. The highest BCUT2D eigenvalue weighted by Crippen LogP contribution is 2.36. The number of anilines is 2. The SMILES string of the molecule is C=CC(=O)N1CCc2ncnc(N3CC[C@@H](Nc4ncc(C(F)(F)F)c(-c5ccn(C)n5)n4)C3)c2C1. The van der Waals surface area contributed by atoms with Crippen LogP contribution >= 0.6 is 0 Å². The number of halogens is 3. The van der Waals surface area contributed by atoms with Gasteiger partial charge >= 0.3 is 6.18 Å². The Kier molecular flexibility index (Phi) is 6.06. The van der Waals surface area contributed by atoms with Gasteiger partial charge in [0.25, 0.3) is 0 Å². The molecule has 0 bridgehead atoms. The van der Waals surface area contributed by atoms with Gasteiger partial charge in [0.2, 0.25) is 11.9 Å². The lowest BCUT2D eigenvalue weighted by molar-refractivity contribution is -0.137. The van der Waals surface area contributed by atoms with E-state index in [1.165, 1.54) is 23.2 Å². The summed E-state index contributed by atoms with van der Waals surface area (Å²) in [5, 5.41) is 7.25. The summed E-state index contributed by atoms with van der Waals surface area (Å²) in [4.78, 5) is 32.9. The van der Waals surface area contributed by atoms with E-state index in [1.54, 1.807) is 18.1 Å². The third-order valence-corrected chi connectivity index (χ3v) is 6.34. The van der Waals surface area contributed by atoms with Crippen molar-refractivity contribution in [2.24, 2.45) is 7.05 Å². The van der Waals surface area contributed by atoms with Crippen LogP contribution in [0.2, 0.25) is 0 Å². The fraction of sp³-hybridized carbons (Fsp3) is 0.391. The second kappa shape index (κ2) is 9.21. The largest absolute Gasteiger partial charge is 0.420 e. The summed E-state index contributed by atoms with van der Waals surface area (Å²) in [5.74, 6) is 0.718. The van der Waals surface area contributed by atoms with Gasteiger partial charge in [0, 0.05) is 57.1 Å². The predicted molar refractivity (Wildman–Crippen MR) is 125 cm³/mol. The summed E-state index contributed by atoms with van der Waals surface area (Å²) < 4.78 is 42.1. The van der Waals surface area contributed by atoms with Gasteiger partial charge in [-0.2, -0.15) is 18.3 Å². The quantitative estimate of drug-likeness (QED) is 0.534. The zero-order valence-corrected chi connectivity index (χ0v) is 19.5. The molecular formula is C23H24F3N9O. The standard InChI is InChI=1S/C23H24F3N9O/c1-3-19(36)34-9-6-17-15(12-34)21(29-13-28-17)35-8-4-14(11-35)30-22-27-10-16(23(24,25)26)20(31-22)18-5-7-33(2)32-18/h3,5,7,10,13-14H,1,4,6,8-9,11-12H2,2H3,(H,27,30,31)/t14-/m1/s1. The molecule has 1 amide bonds. The number of aromatic nitrogens is 6. The predicted octanol–water partition coefficient (Wildman–Crippen LogP) is 2.45. The van der Waals surface area contributed by atoms with Crippen LogP contribution in [-0.2, 0) is 31.0 Å². The first-order valence-electron chi connectivity index (χ1n) is 11.4. The van der Waals surface area contributed by atoms with Crippen molar-refractivity contribution in [1.29, 1.82) is 0 Å². The molecule has 3 aromatic heterocycles. The second-order valence-corrected chi connectivity index (χ2v) is 8.74. The first-order chi connectivity index (χ1) is 17.2. The zero-order chi connectivity index (χ0) is 25.4. The van der Waals surface area contributed by atoms with Crippen molar-refractivity contribution >= 4 is 17.7 Å². The maximum Gasteiger partial charge on any atom is 0.420 e. The van der Waals surface area contributed by atoms with Crippen molar-refractivity contribution in [3.05, 3.63) is 54.3 Å². The normalized spacial score (nSPS) is 17.7. The maximum atomic E-state index is 13.6. The van der Waals surface area contributed by atoms with Crippen LogP contribution in [0.25, 0.3) is 11.4 Å². The summed E-state index contributed by atoms with van der Waals surface area (Å²) in [6, 6.07) is 1.37. The Morgan fingerprint density at radius 2 is 2.08 bits per heavy atom. The van der Waals surface area contributed by atoms with Crippen LogP contribution in [0, 0.1) is 0 Å². The molecule has 0 radical (unpaired) electrons. The molecule has 1 N–H and O–H groups in total. The van der Waals surface area contributed by atoms with Crippen molar-refractivity contribution in [2.75, 3.05) is 29.9 Å². The lowest BCUT2D eigenvalue weighted by Crippen LogP contribution is -2.37. The van der Waals surface area contributed by atoms with Crippen LogP contribution in [0.1, 0.15) is 23.2 Å². The number of carbonyl (C=O) groups excluding carboxylic acids is 1. The number of amides is 1. The second-order valence-electron chi connectivity index (χ2n) is 8.74. The molecule has 0 saturated carbocycles. The van der Waals surface area contributed by atoms with Gasteiger partial charge in [0.15, 0.2) is 0 Å². The van der Waals surface area contributed by atoms with Crippen LogP contribution in [-0.4, -0.2) is 66.2 Å². The van der Waals surface area contributed by atoms with E-state index in [4.69, 9.17) is 0 Å². The first kappa shape index (κ1) is 23.7. The Morgan fingerprint density at radius 1 is 1.25 bits per heavy atom. The molecule has 0 aromatic carbocycles. The Morgan fingerprint density at radius 3 is 2.81 bits per heavy atom. The van der Waals surface area contributed by atoms with Crippen LogP contribution in [0.15, 0.2) is 37.4 Å². The molecule has 2 aliphatic heterocycles. The Hall–Kier alpha value is -4.03. The summed E-state index contributed by atoms with van der Waals surface area (Å²) in [6.45, 7) is 5.76. The topological polar surface area (TPSA) is 105 Å². The molecule has 5 rings (SSSR count). The summed E-state index contributed by atoms with van der Waals surface area (Å²) >= 11 is 0. The van der Waals surface area contributed by atoms with Gasteiger partial charge in [0.1, 0.15) is 29.1 Å². The van der Waals surface area contributed by atoms with Gasteiger partial charge in [-0.3, -0.25) is 9.48 Å². The van der Waals surface area contributed by atoms with Crippen molar-refractivity contribution in [3.63, 3.8) is 0 Å². The van der Waals surface area contributed by atoms with E-state index >= 15 is 0 Å². The number of hydrogen-bond acceptors (Lipinski definition) is 8. The van der Waals surface area contributed by atoms with Gasteiger partial charge in [-0.25, -0.2) is 19.9 Å². The molecule has 1 fully saturated rings. The number of aryl methyl sites for hydroxylation is 1. The minimum Gasteiger partial charge on any atom is -0.354 e. The highest BCUT2D eigenvalue weighted by molar-refractivity contribution is 5.87. The van der Waals surface area contributed by atoms with Crippen molar-refractivity contribution in [3.8, 4) is 11.4 Å². The van der Waals surface area contributed by atoms with Gasteiger partial charge in [0.05, 0.1) is 12.2 Å². The molecule has 36 heavy (non-hydrogen) atoms. The molecule has 1 atom stereocenters. The average Bonchev–Trinajstić information content (AvgIpc) is 3.51. The molecule has 0 unspecified atom stereocenters. The Balaban J connectivity index is 1.35. The zero-order valence-electron chi connectivity index (χ0n) is 19.5. The van der Waals surface area contributed by atoms with Gasteiger partial charge in [-0.1, -0.05) is 6.58 Å². The van der Waals surface area contributed by atoms with E-state index in [0.717, 1.165) is 23.3 Å². The highest BCUT2D eigenvalue weighted by Gasteiger charge is 2.36. The molecule has 2 aliphatic rings. The Bertz CT molecular complexity index is 1310. The minimum absolute atomic E-state index is 0.1000. The molecular weight excluding hydrogens is 475 g/mol. The highest BCUT2D eigenvalue weighted by atomic mass is 19.4. The number of hydrogen-bond donors (Lipinski definition) is 1. The smallest absolute Gasteiger partial charge is 0.354 e. The Labute approximate surface area is 204 Å². The maximum absolute atomic E-state index is 13.6. The fourth-order valence-corrected chi connectivity index (χ4v) is 4.56. The lowest BCUT2D eigenvalue weighted by atomic mass is 10.1. The van der Waals surface area contributed by atoms with E-state index in [2.05, 4.69) is 41.8 Å². The molecule has 13 heteroatoms. The van der Waals surface area contributed by atoms with E-state index < -0.39 is 11.7 Å². The summed E-state index contributed by atoms with van der Waals surface area (Å²) in [5.41, 5.74) is 0.728. The number of rotatable bonds is 5. The fourth-order valence-electron chi connectivity index (χ4n) is 4.56. The minimum atomic E-state index is -4.61. The van der Waals surface area contributed by atoms with E-state index in [1.807, 2.05) is 0 Å². The van der Waals surface area contributed by atoms with Crippen LogP contribution in [0.5, 0.6) is 0 Å². The third kappa shape index (κ3) is 4.60. The monoisotopic (exact) mass is 499 g/mol. The molecule has 5 heterocycles. The summed E-state index contributed by atoms with van der Waals surface area (Å²) in [7, 11) is 1.63. The molecule has 3 aromatic rings. The molecule has 0 aliphatic carbocycles. The molecule has 188 valence electrons. The third-order valence-electron chi connectivity index (χ3n) is 6.34. The van der Waals surface area contributed by atoms with Crippen LogP contribution in [0.3, 0.4) is 0 Å². The van der Waals surface area contributed by atoms with E-state index in [-0.39, 0.29) is 29.3 Å². The first-order valence-corrected chi connectivity index (χ1v) is 11.4. The number of fused-ring (bicyclic) bond motifs is 1. The summed E-state index contributed by atoms with van der Waals surface area (Å²) in [6.07, 6.45) is 1.91. The number of carbonyl (C=O) groups is 1. The lowest BCUT2D eigenvalue weighted by Gasteiger charge is -2.30. The van der Waals surface area contributed by atoms with Gasteiger partial charge < -0.3 is 15.1 Å². The van der Waals surface area contributed by atoms with E-state index in [9.17, 15) is 18.0 Å².